The van der Waals surface area contributed by atoms with E-state index >= 15 is 0 Å². The van der Waals surface area contributed by atoms with Gasteiger partial charge in [0.1, 0.15) is 0 Å². The topological polar surface area (TPSA) is 41.1 Å². The monoisotopic (exact) mass is 254 g/mol. The lowest BCUT2D eigenvalue weighted by Crippen LogP contribution is -2.48. The molecule has 1 fully saturated rings. The molecule has 0 heterocycles. The summed E-state index contributed by atoms with van der Waals surface area (Å²) in [5.74, 6) is 0.898. The summed E-state index contributed by atoms with van der Waals surface area (Å²) in [6.07, 6.45) is 7.18. The summed E-state index contributed by atoms with van der Waals surface area (Å²) in [6.45, 7) is 8.61. The second-order valence-electron chi connectivity index (χ2n) is 6.25. The third-order valence-electron chi connectivity index (χ3n) is 3.81. The van der Waals surface area contributed by atoms with Gasteiger partial charge in [-0.3, -0.25) is 4.79 Å². The van der Waals surface area contributed by atoms with Gasteiger partial charge in [-0.1, -0.05) is 26.7 Å². The second-order valence-corrected chi connectivity index (χ2v) is 6.25. The molecule has 0 bridgehead atoms. The number of hydrogen-bond acceptors (Lipinski definition) is 2. The first-order valence-electron chi connectivity index (χ1n) is 7.55. The lowest BCUT2D eigenvalue weighted by molar-refractivity contribution is -0.123. The quantitative estimate of drug-likeness (QED) is 0.733. The zero-order chi connectivity index (χ0) is 13.5. The van der Waals surface area contributed by atoms with Crippen LogP contribution in [0.25, 0.3) is 0 Å². The van der Waals surface area contributed by atoms with Crippen LogP contribution in [0.15, 0.2) is 0 Å². The lowest BCUT2D eigenvalue weighted by atomic mass is 10.0. The van der Waals surface area contributed by atoms with E-state index in [4.69, 9.17) is 0 Å². The Kier molecular flexibility index (Phi) is 6.69. The predicted molar refractivity (Wildman–Crippen MR) is 76.5 cm³/mol. The summed E-state index contributed by atoms with van der Waals surface area (Å²) >= 11 is 0. The molecular weight excluding hydrogens is 224 g/mol. The average molecular weight is 254 g/mol. The van der Waals surface area contributed by atoms with E-state index in [1.807, 2.05) is 6.92 Å². The summed E-state index contributed by atoms with van der Waals surface area (Å²) in [4.78, 5) is 12.0. The van der Waals surface area contributed by atoms with Crippen molar-refractivity contribution in [3.05, 3.63) is 0 Å². The van der Waals surface area contributed by atoms with Gasteiger partial charge in [-0.25, -0.2) is 0 Å². The normalized spacial score (nSPS) is 20.1. The minimum atomic E-state index is -0.0761. The highest BCUT2D eigenvalue weighted by Gasteiger charge is 2.21. The van der Waals surface area contributed by atoms with E-state index in [1.54, 1.807) is 0 Å². The maximum atomic E-state index is 12.0. The van der Waals surface area contributed by atoms with Crippen LogP contribution < -0.4 is 10.6 Å². The first-order valence-corrected chi connectivity index (χ1v) is 7.55. The Morgan fingerprint density at radius 3 is 2.28 bits per heavy atom. The molecule has 1 amide bonds. The zero-order valence-corrected chi connectivity index (χ0v) is 12.5. The fourth-order valence-corrected chi connectivity index (χ4v) is 2.57. The molecule has 1 aliphatic rings. The van der Waals surface area contributed by atoms with E-state index in [2.05, 4.69) is 31.4 Å². The zero-order valence-electron chi connectivity index (χ0n) is 12.5. The van der Waals surface area contributed by atoms with Crippen LogP contribution in [0.1, 0.15) is 66.2 Å². The number of nitrogens with one attached hydrogen (secondary N) is 2. The van der Waals surface area contributed by atoms with Crippen LogP contribution in [-0.2, 0) is 4.79 Å². The molecule has 2 unspecified atom stereocenters. The maximum Gasteiger partial charge on any atom is 0.237 e. The minimum absolute atomic E-state index is 0.0761. The molecule has 18 heavy (non-hydrogen) atoms. The van der Waals surface area contributed by atoms with Gasteiger partial charge in [0.2, 0.25) is 5.91 Å². The first kappa shape index (κ1) is 15.5. The van der Waals surface area contributed by atoms with E-state index in [0.29, 0.717) is 12.1 Å². The number of hydrogen-bond donors (Lipinski definition) is 2. The van der Waals surface area contributed by atoms with Crippen molar-refractivity contribution in [2.45, 2.75) is 84.3 Å². The summed E-state index contributed by atoms with van der Waals surface area (Å²) in [6, 6.07) is 0.761. The smallest absolute Gasteiger partial charge is 0.237 e. The van der Waals surface area contributed by atoms with Crippen molar-refractivity contribution < 1.29 is 4.79 Å². The Morgan fingerprint density at radius 1 is 1.11 bits per heavy atom. The van der Waals surface area contributed by atoms with Crippen LogP contribution in [0.4, 0.5) is 0 Å². The molecule has 0 spiro atoms. The van der Waals surface area contributed by atoms with Crippen LogP contribution in [0, 0.1) is 5.92 Å². The molecule has 0 aromatic rings. The van der Waals surface area contributed by atoms with Crippen LogP contribution in [0.2, 0.25) is 0 Å². The fourth-order valence-electron chi connectivity index (χ4n) is 2.57. The third-order valence-corrected chi connectivity index (χ3v) is 3.81. The van der Waals surface area contributed by atoms with Crippen molar-refractivity contribution in [3.63, 3.8) is 0 Å². The number of rotatable bonds is 7. The van der Waals surface area contributed by atoms with E-state index in [-0.39, 0.29) is 11.9 Å². The van der Waals surface area contributed by atoms with Crippen LogP contribution in [0.5, 0.6) is 0 Å². The van der Waals surface area contributed by atoms with Gasteiger partial charge < -0.3 is 10.6 Å². The van der Waals surface area contributed by atoms with E-state index in [1.165, 1.54) is 19.3 Å². The highest BCUT2D eigenvalue weighted by atomic mass is 16.2. The van der Waals surface area contributed by atoms with Crippen LogP contribution in [0.3, 0.4) is 0 Å². The Morgan fingerprint density at radius 2 is 1.72 bits per heavy atom. The van der Waals surface area contributed by atoms with Crippen molar-refractivity contribution in [2.75, 3.05) is 0 Å². The van der Waals surface area contributed by atoms with Gasteiger partial charge in [-0.2, -0.15) is 0 Å². The van der Waals surface area contributed by atoms with Crippen molar-refractivity contribution in [1.82, 2.24) is 10.6 Å². The molecular formula is C15H30N2O. The molecule has 0 saturated heterocycles. The summed E-state index contributed by atoms with van der Waals surface area (Å²) in [5, 5.41) is 6.54. The van der Waals surface area contributed by atoms with E-state index < -0.39 is 0 Å². The molecule has 1 aliphatic carbocycles. The van der Waals surface area contributed by atoms with Gasteiger partial charge in [-0.05, 0) is 45.4 Å². The molecule has 2 N–H and O–H groups in total. The average Bonchev–Trinajstić information content (AvgIpc) is 2.79. The minimum Gasteiger partial charge on any atom is -0.352 e. The number of carbonyl (C=O) groups is 1. The van der Waals surface area contributed by atoms with E-state index in [0.717, 1.165) is 25.2 Å². The fraction of sp³-hybridized carbons (Fsp3) is 0.933. The van der Waals surface area contributed by atoms with Gasteiger partial charge in [0.25, 0.3) is 0 Å². The molecule has 106 valence electrons. The second kappa shape index (κ2) is 7.78. The van der Waals surface area contributed by atoms with E-state index in [9.17, 15) is 4.79 Å². The lowest BCUT2D eigenvalue weighted by Gasteiger charge is -2.22. The molecule has 1 saturated carbocycles. The number of amides is 1. The Hall–Kier alpha value is -0.570. The largest absolute Gasteiger partial charge is 0.352 e. The molecule has 0 aromatic heterocycles. The van der Waals surface area contributed by atoms with Gasteiger partial charge in [-0.15, -0.1) is 0 Å². The summed E-state index contributed by atoms with van der Waals surface area (Å²) < 4.78 is 0. The summed E-state index contributed by atoms with van der Waals surface area (Å²) in [7, 11) is 0. The highest BCUT2D eigenvalue weighted by molar-refractivity contribution is 5.81. The highest BCUT2D eigenvalue weighted by Crippen LogP contribution is 2.17. The van der Waals surface area contributed by atoms with Crippen molar-refractivity contribution >= 4 is 5.91 Å². The third kappa shape index (κ3) is 5.85. The van der Waals surface area contributed by atoms with Crippen LogP contribution in [-0.4, -0.2) is 24.0 Å². The Labute approximate surface area is 112 Å². The van der Waals surface area contributed by atoms with Gasteiger partial charge in [0, 0.05) is 12.1 Å². The molecule has 0 radical (unpaired) electrons. The Balaban J connectivity index is 2.21. The first-order chi connectivity index (χ1) is 8.49. The van der Waals surface area contributed by atoms with Crippen molar-refractivity contribution in [1.29, 1.82) is 0 Å². The predicted octanol–water partition coefficient (Wildman–Crippen LogP) is 2.85. The molecule has 0 aromatic carbocycles. The van der Waals surface area contributed by atoms with Gasteiger partial charge in [0.15, 0.2) is 0 Å². The van der Waals surface area contributed by atoms with Crippen LogP contribution >= 0.6 is 0 Å². The maximum absolute atomic E-state index is 12.0. The standard InChI is InChI=1S/C15H30N2O/c1-11(2)9-10-12(3)16-13(4)15(18)17-14-7-5-6-8-14/h11-14,16H,5-10H2,1-4H3,(H,17,18). The number of carbonyl (C=O) groups excluding carboxylic acids is 1. The SMILES string of the molecule is CC(C)CCC(C)NC(C)C(=O)NC1CCCC1. The van der Waals surface area contributed by atoms with Gasteiger partial charge in [0.05, 0.1) is 6.04 Å². The van der Waals surface area contributed by atoms with Crippen molar-refractivity contribution in [2.24, 2.45) is 5.92 Å². The van der Waals surface area contributed by atoms with Gasteiger partial charge >= 0.3 is 0 Å². The summed E-state index contributed by atoms with van der Waals surface area (Å²) in [5.41, 5.74) is 0. The molecule has 3 nitrogen and oxygen atoms in total. The molecule has 0 aliphatic heterocycles. The molecule has 1 rings (SSSR count). The molecule has 3 heteroatoms. The molecule has 2 atom stereocenters. The Bertz CT molecular complexity index is 247. The van der Waals surface area contributed by atoms with Crippen molar-refractivity contribution in [3.8, 4) is 0 Å².